The quantitative estimate of drug-likeness (QED) is 0.731. The number of carbonyl (C=O) groups excluding carboxylic acids is 1. The van der Waals surface area contributed by atoms with Gasteiger partial charge in [-0.3, -0.25) is 14.2 Å². The van der Waals surface area contributed by atoms with Crippen molar-refractivity contribution >= 4 is 16.8 Å². The van der Waals surface area contributed by atoms with E-state index in [2.05, 4.69) is 15.3 Å². The summed E-state index contributed by atoms with van der Waals surface area (Å²) in [5, 5.41) is 3.38. The number of benzene rings is 1. The molecule has 1 N–H and O–H groups in total. The van der Waals surface area contributed by atoms with Crippen molar-refractivity contribution in [1.29, 1.82) is 0 Å². The second kappa shape index (κ2) is 7.77. The molecule has 0 spiro atoms. The third-order valence-electron chi connectivity index (χ3n) is 4.15. The lowest BCUT2D eigenvalue weighted by Gasteiger charge is -2.10. The van der Waals surface area contributed by atoms with Crippen LogP contribution in [0.3, 0.4) is 0 Å². The highest BCUT2D eigenvalue weighted by Crippen LogP contribution is 2.13. The Hall–Kier alpha value is -3.22. The van der Waals surface area contributed by atoms with Gasteiger partial charge in [-0.2, -0.15) is 0 Å². The molecule has 0 saturated heterocycles. The van der Waals surface area contributed by atoms with Gasteiger partial charge < -0.3 is 10.1 Å². The number of nitrogens with zero attached hydrogens (tertiary/aromatic N) is 3. The molecule has 0 aliphatic rings. The summed E-state index contributed by atoms with van der Waals surface area (Å²) < 4.78 is 6.62. The van der Waals surface area contributed by atoms with E-state index in [4.69, 9.17) is 4.74 Å². The molecule has 0 aliphatic carbocycles. The Balaban J connectivity index is 1.64. The first kappa shape index (κ1) is 17.6. The van der Waals surface area contributed by atoms with E-state index in [-0.39, 0.29) is 24.4 Å². The smallest absolute Gasteiger partial charge is 0.261 e. The van der Waals surface area contributed by atoms with E-state index in [0.29, 0.717) is 23.3 Å². The molecule has 134 valence electrons. The van der Waals surface area contributed by atoms with E-state index in [0.717, 1.165) is 11.1 Å². The van der Waals surface area contributed by atoms with Gasteiger partial charge in [0, 0.05) is 31.3 Å². The Morgan fingerprint density at radius 2 is 2.08 bits per heavy atom. The van der Waals surface area contributed by atoms with E-state index in [1.54, 1.807) is 18.3 Å². The lowest BCUT2D eigenvalue weighted by molar-refractivity contribution is -0.121. The first-order valence-corrected chi connectivity index (χ1v) is 8.29. The predicted octanol–water partition coefficient (Wildman–Crippen LogP) is 1.82. The molecule has 3 rings (SSSR count). The maximum absolute atomic E-state index is 12.5. The van der Waals surface area contributed by atoms with Crippen LogP contribution in [0, 0.1) is 6.92 Å². The highest BCUT2D eigenvalue weighted by Gasteiger charge is 2.09. The van der Waals surface area contributed by atoms with Crippen LogP contribution >= 0.6 is 0 Å². The molecule has 7 heteroatoms. The van der Waals surface area contributed by atoms with Crippen molar-refractivity contribution in [2.45, 2.75) is 26.4 Å². The van der Waals surface area contributed by atoms with E-state index in [1.165, 1.54) is 18.0 Å². The normalized spacial score (nSPS) is 10.7. The molecule has 2 aromatic heterocycles. The van der Waals surface area contributed by atoms with Crippen LogP contribution in [0.5, 0.6) is 5.88 Å². The summed E-state index contributed by atoms with van der Waals surface area (Å²) in [6.45, 7) is 2.50. The average molecular weight is 352 g/mol. The number of rotatable bonds is 6. The minimum absolute atomic E-state index is 0.138. The number of carbonyl (C=O) groups is 1. The van der Waals surface area contributed by atoms with Crippen molar-refractivity contribution in [3.63, 3.8) is 0 Å². The molecule has 3 aromatic rings. The summed E-state index contributed by atoms with van der Waals surface area (Å²) in [5.74, 6) is 0.324. The van der Waals surface area contributed by atoms with Crippen LogP contribution in [-0.4, -0.2) is 27.6 Å². The number of fused-ring (bicyclic) bond motifs is 1. The van der Waals surface area contributed by atoms with Gasteiger partial charge in [-0.1, -0.05) is 18.2 Å². The van der Waals surface area contributed by atoms with Gasteiger partial charge in [0.25, 0.3) is 5.56 Å². The number of hydrogen-bond donors (Lipinski definition) is 1. The SMILES string of the molecule is COc1ncccc1CNC(=O)CCn1cnc2c(C)cccc2c1=O. The predicted molar refractivity (Wildman–Crippen MR) is 98.0 cm³/mol. The molecule has 0 aliphatic heterocycles. The molecule has 0 radical (unpaired) electrons. The number of para-hydroxylation sites is 1. The largest absolute Gasteiger partial charge is 0.481 e. The third-order valence-corrected chi connectivity index (χ3v) is 4.15. The highest BCUT2D eigenvalue weighted by atomic mass is 16.5. The van der Waals surface area contributed by atoms with Crippen LogP contribution in [0.1, 0.15) is 17.5 Å². The van der Waals surface area contributed by atoms with Gasteiger partial charge in [-0.05, 0) is 24.6 Å². The molecule has 1 amide bonds. The average Bonchev–Trinajstić information content (AvgIpc) is 2.66. The Kier molecular flexibility index (Phi) is 5.26. The maximum Gasteiger partial charge on any atom is 0.261 e. The van der Waals surface area contributed by atoms with Gasteiger partial charge >= 0.3 is 0 Å². The van der Waals surface area contributed by atoms with Gasteiger partial charge in [-0.25, -0.2) is 9.97 Å². The molecule has 7 nitrogen and oxygen atoms in total. The number of ether oxygens (including phenoxy) is 1. The van der Waals surface area contributed by atoms with Crippen molar-refractivity contribution < 1.29 is 9.53 Å². The van der Waals surface area contributed by atoms with Crippen molar-refractivity contribution in [2.75, 3.05) is 7.11 Å². The Bertz CT molecular complexity index is 997. The fourth-order valence-electron chi connectivity index (χ4n) is 2.74. The van der Waals surface area contributed by atoms with E-state index in [9.17, 15) is 9.59 Å². The molecule has 0 fully saturated rings. The van der Waals surface area contributed by atoms with Crippen molar-refractivity contribution in [3.8, 4) is 5.88 Å². The highest BCUT2D eigenvalue weighted by molar-refractivity contribution is 5.80. The van der Waals surface area contributed by atoms with Crippen LogP contribution in [0.15, 0.2) is 47.7 Å². The molecule has 0 unspecified atom stereocenters. The summed E-state index contributed by atoms with van der Waals surface area (Å²) >= 11 is 0. The zero-order chi connectivity index (χ0) is 18.5. The van der Waals surface area contributed by atoms with Gasteiger partial charge in [0.2, 0.25) is 11.8 Å². The van der Waals surface area contributed by atoms with Gasteiger partial charge in [0.05, 0.1) is 24.3 Å². The van der Waals surface area contributed by atoms with E-state index in [1.807, 2.05) is 25.1 Å². The van der Waals surface area contributed by atoms with Crippen LogP contribution in [0.4, 0.5) is 0 Å². The van der Waals surface area contributed by atoms with Gasteiger partial charge in [0.1, 0.15) is 0 Å². The Morgan fingerprint density at radius 1 is 1.23 bits per heavy atom. The minimum atomic E-state index is -0.160. The van der Waals surface area contributed by atoms with Crippen LogP contribution in [0.2, 0.25) is 0 Å². The molecule has 1 aromatic carbocycles. The van der Waals surface area contributed by atoms with Crippen molar-refractivity contribution in [3.05, 3.63) is 64.3 Å². The standard InChI is InChI=1S/C19H20N4O3/c1-13-5-3-7-15-17(13)22-12-23(19(15)25)10-8-16(24)21-11-14-6-4-9-20-18(14)26-2/h3-7,9,12H,8,10-11H2,1-2H3,(H,21,24). The number of aromatic nitrogens is 3. The number of hydrogen-bond acceptors (Lipinski definition) is 5. The second-order valence-electron chi connectivity index (χ2n) is 5.91. The van der Waals surface area contributed by atoms with Gasteiger partial charge in [-0.15, -0.1) is 0 Å². The Labute approximate surface area is 150 Å². The molecule has 26 heavy (non-hydrogen) atoms. The molecule has 2 heterocycles. The molecular formula is C19H20N4O3. The number of methoxy groups -OCH3 is 1. The van der Waals surface area contributed by atoms with Crippen molar-refractivity contribution in [2.24, 2.45) is 0 Å². The summed E-state index contributed by atoms with van der Waals surface area (Å²) in [4.78, 5) is 33.1. The van der Waals surface area contributed by atoms with E-state index < -0.39 is 0 Å². The topological polar surface area (TPSA) is 86.1 Å². The minimum Gasteiger partial charge on any atom is -0.481 e. The number of pyridine rings is 1. The summed E-state index contributed by atoms with van der Waals surface area (Å²) in [6.07, 6.45) is 3.31. The number of nitrogens with one attached hydrogen (secondary N) is 1. The second-order valence-corrected chi connectivity index (χ2v) is 5.91. The molecule has 0 saturated carbocycles. The zero-order valence-corrected chi connectivity index (χ0v) is 14.7. The molecule has 0 atom stereocenters. The summed E-state index contributed by atoms with van der Waals surface area (Å²) in [7, 11) is 1.54. The Morgan fingerprint density at radius 3 is 2.88 bits per heavy atom. The molecule has 0 bridgehead atoms. The number of amides is 1. The summed E-state index contributed by atoms with van der Waals surface area (Å²) in [6, 6.07) is 9.12. The zero-order valence-electron chi connectivity index (χ0n) is 14.7. The fraction of sp³-hybridized carbons (Fsp3) is 0.263. The third kappa shape index (κ3) is 3.72. The van der Waals surface area contributed by atoms with Crippen LogP contribution in [0.25, 0.3) is 10.9 Å². The first-order valence-electron chi connectivity index (χ1n) is 8.29. The van der Waals surface area contributed by atoms with E-state index >= 15 is 0 Å². The first-order chi connectivity index (χ1) is 12.6. The van der Waals surface area contributed by atoms with Crippen LogP contribution < -0.4 is 15.6 Å². The summed E-state index contributed by atoms with van der Waals surface area (Å²) in [5.41, 5.74) is 2.31. The monoisotopic (exact) mass is 352 g/mol. The number of aryl methyl sites for hydroxylation is 2. The van der Waals surface area contributed by atoms with Crippen molar-refractivity contribution in [1.82, 2.24) is 19.9 Å². The lowest BCUT2D eigenvalue weighted by Crippen LogP contribution is -2.27. The van der Waals surface area contributed by atoms with Crippen LogP contribution in [-0.2, 0) is 17.9 Å². The molecular weight excluding hydrogens is 332 g/mol. The maximum atomic E-state index is 12.5. The lowest BCUT2D eigenvalue weighted by atomic mass is 10.1. The fourth-order valence-corrected chi connectivity index (χ4v) is 2.74. The van der Waals surface area contributed by atoms with Gasteiger partial charge in [0.15, 0.2) is 0 Å².